The molecule has 0 radical (unpaired) electrons. The third-order valence-electron chi connectivity index (χ3n) is 1.63. The van der Waals surface area contributed by atoms with Gasteiger partial charge in [-0.2, -0.15) is 0 Å². The van der Waals surface area contributed by atoms with E-state index in [1.54, 1.807) is 0 Å². The van der Waals surface area contributed by atoms with Crippen molar-refractivity contribution in [2.45, 2.75) is 18.9 Å². The number of aliphatic hydroxyl groups excluding tert-OH is 1. The van der Waals surface area contributed by atoms with Gasteiger partial charge in [0.05, 0.1) is 6.04 Å². The van der Waals surface area contributed by atoms with Gasteiger partial charge in [0.1, 0.15) is 5.76 Å². The molecule has 0 bridgehead atoms. The van der Waals surface area contributed by atoms with Crippen molar-refractivity contribution < 1.29 is 9.52 Å². The van der Waals surface area contributed by atoms with Gasteiger partial charge < -0.3 is 15.3 Å². The molecule has 0 amide bonds. The largest absolute Gasteiger partial charge is 0.453 e. The number of furan rings is 1. The highest BCUT2D eigenvalue weighted by Crippen LogP contribution is 2.21. The molecule has 13 heavy (non-hydrogen) atoms. The molecule has 0 saturated carbocycles. The van der Waals surface area contributed by atoms with Crippen LogP contribution >= 0.6 is 28.3 Å². The van der Waals surface area contributed by atoms with E-state index < -0.39 is 0 Å². The number of halogens is 2. The third-order valence-corrected chi connectivity index (χ3v) is 2.06. The van der Waals surface area contributed by atoms with Crippen molar-refractivity contribution >= 4 is 28.3 Å². The van der Waals surface area contributed by atoms with E-state index in [-0.39, 0.29) is 25.1 Å². The Bertz CT molecular complexity index is 242. The van der Waals surface area contributed by atoms with Crippen LogP contribution in [0, 0.1) is 0 Å². The lowest BCUT2D eigenvalue weighted by atomic mass is 10.1. The molecule has 76 valence electrons. The molecule has 0 spiro atoms. The van der Waals surface area contributed by atoms with Gasteiger partial charge in [0.25, 0.3) is 0 Å². The van der Waals surface area contributed by atoms with E-state index in [2.05, 4.69) is 15.9 Å². The number of rotatable bonds is 4. The lowest BCUT2D eigenvalue weighted by Gasteiger charge is -2.06. The molecule has 1 rings (SSSR count). The Morgan fingerprint density at radius 1 is 1.54 bits per heavy atom. The first kappa shape index (κ1) is 13.0. The van der Waals surface area contributed by atoms with E-state index >= 15 is 0 Å². The fourth-order valence-electron chi connectivity index (χ4n) is 0.981. The molecule has 3 nitrogen and oxygen atoms in total. The standard InChI is InChI=1S/C8H12BrNO2.ClH/c9-8-4-3-7(12-8)6(10)2-1-5-11;/h3-4,6,11H,1-2,5,10H2;1H/t6-;/m1./s1. The monoisotopic (exact) mass is 269 g/mol. The average Bonchev–Trinajstić information content (AvgIpc) is 2.47. The minimum atomic E-state index is -0.108. The Morgan fingerprint density at radius 3 is 2.69 bits per heavy atom. The van der Waals surface area contributed by atoms with E-state index in [0.717, 1.165) is 12.2 Å². The molecule has 0 aromatic carbocycles. The summed E-state index contributed by atoms with van der Waals surface area (Å²) in [4.78, 5) is 0. The second-order valence-electron chi connectivity index (χ2n) is 2.61. The number of hydrogen-bond donors (Lipinski definition) is 2. The first-order chi connectivity index (χ1) is 5.74. The molecule has 0 aliphatic heterocycles. The molecule has 1 aromatic heterocycles. The molecule has 1 aromatic rings. The van der Waals surface area contributed by atoms with Crippen molar-refractivity contribution in [3.63, 3.8) is 0 Å². The molecular weight excluding hydrogens is 257 g/mol. The van der Waals surface area contributed by atoms with Crippen molar-refractivity contribution in [1.82, 2.24) is 0 Å². The average molecular weight is 271 g/mol. The zero-order valence-electron chi connectivity index (χ0n) is 7.07. The van der Waals surface area contributed by atoms with Crippen LogP contribution in [-0.2, 0) is 0 Å². The first-order valence-electron chi connectivity index (χ1n) is 3.85. The fraction of sp³-hybridized carbons (Fsp3) is 0.500. The van der Waals surface area contributed by atoms with Gasteiger partial charge in [0, 0.05) is 6.61 Å². The second kappa shape index (κ2) is 6.43. The van der Waals surface area contributed by atoms with Gasteiger partial charge in [0.2, 0.25) is 0 Å². The van der Waals surface area contributed by atoms with Crippen LogP contribution in [-0.4, -0.2) is 11.7 Å². The molecule has 1 heterocycles. The van der Waals surface area contributed by atoms with E-state index in [9.17, 15) is 0 Å². The van der Waals surface area contributed by atoms with Crippen molar-refractivity contribution in [3.8, 4) is 0 Å². The summed E-state index contributed by atoms with van der Waals surface area (Å²) in [5.41, 5.74) is 5.77. The molecule has 0 fully saturated rings. The van der Waals surface area contributed by atoms with Gasteiger partial charge in [-0.15, -0.1) is 12.4 Å². The summed E-state index contributed by atoms with van der Waals surface area (Å²) in [6.07, 6.45) is 1.45. The first-order valence-corrected chi connectivity index (χ1v) is 4.65. The molecule has 0 unspecified atom stereocenters. The fourth-order valence-corrected chi connectivity index (χ4v) is 1.30. The molecular formula is C8H13BrClNO2. The SMILES string of the molecule is Cl.N[C@H](CCCO)c1ccc(Br)o1. The lowest BCUT2D eigenvalue weighted by molar-refractivity contribution is 0.276. The Labute approximate surface area is 91.8 Å². The second-order valence-corrected chi connectivity index (χ2v) is 3.40. The summed E-state index contributed by atoms with van der Waals surface area (Å²) in [5, 5.41) is 8.57. The van der Waals surface area contributed by atoms with E-state index in [4.69, 9.17) is 15.3 Å². The number of nitrogens with two attached hydrogens (primary N) is 1. The van der Waals surface area contributed by atoms with E-state index in [0.29, 0.717) is 11.1 Å². The topological polar surface area (TPSA) is 59.4 Å². The highest BCUT2D eigenvalue weighted by molar-refractivity contribution is 9.10. The zero-order valence-corrected chi connectivity index (χ0v) is 9.47. The van der Waals surface area contributed by atoms with Crippen LogP contribution in [0.15, 0.2) is 21.2 Å². The van der Waals surface area contributed by atoms with E-state index in [1.807, 2.05) is 12.1 Å². The normalized spacial score (nSPS) is 12.2. The summed E-state index contributed by atoms with van der Waals surface area (Å²) in [6, 6.07) is 3.55. The van der Waals surface area contributed by atoms with Gasteiger partial charge in [-0.05, 0) is 40.9 Å². The molecule has 0 aliphatic rings. The predicted octanol–water partition coefficient (Wildman–Crippen LogP) is 2.24. The third kappa shape index (κ3) is 4.13. The molecule has 0 saturated heterocycles. The Hall–Kier alpha value is -0.0300. The van der Waals surface area contributed by atoms with Crippen LogP contribution in [0.2, 0.25) is 0 Å². The van der Waals surface area contributed by atoms with Crippen LogP contribution in [0.4, 0.5) is 0 Å². The van der Waals surface area contributed by atoms with Crippen LogP contribution in [0.25, 0.3) is 0 Å². The Balaban J connectivity index is 0.00000144. The maximum atomic E-state index is 8.57. The lowest BCUT2D eigenvalue weighted by Crippen LogP contribution is -2.09. The van der Waals surface area contributed by atoms with Crippen molar-refractivity contribution in [1.29, 1.82) is 0 Å². The summed E-state index contributed by atoms with van der Waals surface area (Å²) in [6.45, 7) is 0.176. The quantitative estimate of drug-likeness (QED) is 0.882. The van der Waals surface area contributed by atoms with Crippen molar-refractivity contribution in [2.75, 3.05) is 6.61 Å². The van der Waals surface area contributed by atoms with Crippen LogP contribution in [0.5, 0.6) is 0 Å². The van der Waals surface area contributed by atoms with Crippen LogP contribution < -0.4 is 5.73 Å². The molecule has 3 N–H and O–H groups in total. The van der Waals surface area contributed by atoms with Crippen LogP contribution in [0.3, 0.4) is 0 Å². The van der Waals surface area contributed by atoms with Gasteiger partial charge in [-0.3, -0.25) is 0 Å². The summed E-state index contributed by atoms with van der Waals surface area (Å²) in [5.74, 6) is 0.760. The Morgan fingerprint density at radius 2 is 2.23 bits per heavy atom. The van der Waals surface area contributed by atoms with E-state index in [1.165, 1.54) is 0 Å². The van der Waals surface area contributed by atoms with Crippen molar-refractivity contribution in [2.24, 2.45) is 5.73 Å². The summed E-state index contributed by atoms with van der Waals surface area (Å²) >= 11 is 3.20. The smallest absolute Gasteiger partial charge is 0.169 e. The molecule has 5 heteroatoms. The maximum absolute atomic E-state index is 8.57. The summed E-state index contributed by atoms with van der Waals surface area (Å²) < 4.78 is 5.94. The highest BCUT2D eigenvalue weighted by atomic mass is 79.9. The molecule has 0 aliphatic carbocycles. The molecule has 1 atom stereocenters. The highest BCUT2D eigenvalue weighted by Gasteiger charge is 2.09. The van der Waals surface area contributed by atoms with Gasteiger partial charge >= 0.3 is 0 Å². The van der Waals surface area contributed by atoms with Crippen molar-refractivity contribution in [3.05, 3.63) is 22.6 Å². The maximum Gasteiger partial charge on any atom is 0.169 e. The minimum Gasteiger partial charge on any atom is -0.453 e. The van der Waals surface area contributed by atoms with Gasteiger partial charge in [-0.25, -0.2) is 0 Å². The van der Waals surface area contributed by atoms with Gasteiger partial charge in [-0.1, -0.05) is 0 Å². The Kier molecular flexibility index (Phi) is 6.41. The summed E-state index contributed by atoms with van der Waals surface area (Å²) in [7, 11) is 0. The predicted molar refractivity (Wildman–Crippen MR) is 56.9 cm³/mol. The number of hydrogen-bond acceptors (Lipinski definition) is 3. The minimum absolute atomic E-state index is 0. The zero-order chi connectivity index (χ0) is 8.97. The number of aliphatic hydroxyl groups is 1. The van der Waals surface area contributed by atoms with Gasteiger partial charge in [0.15, 0.2) is 4.67 Å². The van der Waals surface area contributed by atoms with Crippen LogP contribution in [0.1, 0.15) is 24.6 Å².